The smallest absolute Gasteiger partial charge is 0.261 e. The summed E-state index contributed by atoms with van der Waals surface area (Å²) in [6.45, 7) is 2.99. The van der Waals surface area contributed by atoms with Gasteiger partial charge in [0.05, 0.1) is 17.2 Å². The molecule has 2 aromatic rings. The molecular formula is C22H25N3O3S. The largest absolute Gasteiger partial charge is 0.354 e. The summed E-state index contributed by atoms with van der Waals surface area (Å²) in [6, 6.07) is 11.3. The Morgan fingerprint density at radius 1 is 1.03 bits per heavy atom. The summed E-state index contributed by atoms with van der Waals surface area (Å²) in [5.41, 5.74) is 0.901. The molecular weight excluding hydrogens is 386 g/mol. The molecule has 3 heterocycles. The molecule has 1 saturated heterocycles. The number of rotatable bonds is 8. The Morgan fingerprint density at radius 3 is 2.34 bits per heavy atom. The van der Waals surface area contributed by atoms with Crippen LogP contribution in [0.15, 0.2) is 41.8 Å². The lowest BCUT2D eigenvalue weighted by atomic mass is 10.1. The number of thiophene rings is 1. The van der Waals surface area contributed by atoms with Crippen molar-refractivity contribution in [3.8, 4) is 0 Å². The number of nitrogens with zero attached hydrogens (tertiary/aromatic N) is 2. The van der Waals surface area contributed by atoms with Gasteiger partial charge in [-0.05, 0) is 55.9 Å². The Kier molecular flexibility index (Phi) is 6.06. The molecule has 29 heavy (non-hydrogen) atoms. The Balaban J connectivity index is 1.26. The molecule has 6 nitrogen and oxygen atoms in total. The van der Waals surface area contributed by atoms with Crippen molar-refractivity contribution in [3.05, 3.63) is 57.8 Å². The highest BCUT2D eigenvalue weighted by atomic mass is 32.1. The number of hydrogen-bond donors (Lipinski definition) is 1. The van der Waals surface area contributed by atoms with E-state index < -0.39 is 0 Å². The van der Waals surface area contributed by atoms with E-state index in [0.717, 1.165) is 13.1 Å². The minimum atomic E-state index is -0.266. The standard InChI is InChI=1S/C22H25N3O3S/c26-20(23-15-18(19-9-6-14-29-19)24-11-3-4-12-24)10-5-13-25-21(27)16-7-1-2-8-17(16)22(25)28/h1-2,6-9,14,18H,3-5,10-13,15H2,(H,23,26). The van der Waals surface area contributed by atoms with Crippen LogP contribution in [-0.4, -0.2) is 53.7 Å². The Hall–Kier alpha value is -2.51. The van der Waals surface area contributed by atoms with E-state index in [1.165, 1.54) is 22.6 Å². The molecule has 1 aromatic heterocycles. The van der Waals surface area contributed by atoms with Crippen molar-refractivity contribution in [3.63, 3.8) is 0 Å². The van der Waals surface area contributed by atoms with Crippen LogP contribution >= 0.6 is 11.3 Å². The Bertz CT molecular complexity index is 855. The van der Waals surface area contributed by atoms with Crippen LogP contribution in [0.1, 0.15) is 57.3 Å². The quantitative estimate of drug-likeness (QED) is 0.678. The van der Waals surface area contributed by atoms with Crippen molar-refractivity contribution in [1.82, 2.24) is 15.1 Å². The van der Waals surface area contributed by atoms with Crippen molar-refractivity contribution in [2.24, 2.45) is 0 Å². The van der Waals surface area contributed by atoms with Gasteiger partial charge >= 0.3 is 0 Å². The second-order valence-electron chi connectivity index (χ2n) is 7.49. The van der Waals surface area contributed by atoms with Gasteiger partial charge in [0.25, 0.3) is 11.8 Å². The van der Waals surface area contributed by atoms with Crippen LogP contribution in [0.5, 0.6) is 0 Å². The topological polar surface area (TPSA) is 69.7 Å². The molecule has 1 N–H and O–H groups in total. The second-order valence-corrected chi connectivity index (χ2v) is 8.47. The molecule has 4 rings (SSSR count). The van der Waals surface area contributed by atoms with Gasteiger partial charge in [-0.15, -0.1) is 11.3 Å². The van der Waals surface area contributed by atoms with Crippen LogP contribution in [0.2, 0.25) is 0 Å². The Labute approximate surface area is 174 Å². The molecule has 2 aliphatic heterocycles. The average molecular weight is 412 g/mol. The number of hydrogen-bond acceptors (Lipinski definition) is 5. The van der Waals surface area contributed by atoms with E-state index in [-0.39, 0.29) is 30.3 Å². The maximum Gasteiger partial charge on any atom is 0.261 e. The molecule has 7 heteroatoms. The lowest BCUT2D eigenvalue weighted by Crippen LogP contribution is -2.37. The van der Waals surface area contributed by atoms with Crippen LogP contribution < -0.4 is 5.32 Å². The zero-order valence-electron chi connectivity index (χ0n) is 16.3. The summed E-state index contributed by atoms with van der Waals surface area (Å²) >= 11 is 1.72. The number of amides is 3. The molecule has 2 aliphatic rings. The maximum absolute atomic E-state index is 12.4. The normalized spacial score (nSPS) is 17.6. The fourth-order valence-corrected chi connectivity index (χ4v) is 4.94. The minimum Gasteiger partial charge on any atom is -0.354 e. The third-order valence-corrected chi connectivity index (χ3v) is 6.58. The molecule has 1 atom stereocenters. The average Bonchev–Trinajstić information content (AvgIpc) is 3.48. The van der Waals surface area contributed by atoms with Gasteiger partial charge in [-0.25, -0.2) is 0 Å². The fraction of sp³-hybridized carbons (Fsp3) is 0.409. The number of benzene rings is 1. The number of likely N-dealkylation sites (tertiary alicyclic amines) is 1. The molecule has 1 fully saturated rings. The first-order valence-electron chi connectivity index (χ1n) is 10.1. The van der Waals surface area contributed by atoms with Crippen molar-refractivity contribution >= 4 is 29.1 Å². The molecule has 0 bridgehead atoms. The van der Waals surface area contributed by atoms with Crippen molar-refractivity contribution in [2.45, 2.75) is 31.7 Å². The monoisotopic (exact) mass is 411 g/mol. The predicted molar refractivity (Wildman–Crippen MR) is 112 cm³/mol. The van der Waals surface area contributed by atoms with Gasteiger partial charge in [-0.1, -0.05) is 18.2 Å². The molecule has 1 aromatic carbocycles. The number of imide groups is 1. The van der Waals surface area contributed by atoms with E-state index >= 15 is 0 Å². The minimum absolute atomic E-state index is 0.0395. The summed E-state index contributed by atoms with van der Waals surface area (Å²) in [4.78, 5) is 42.1. The maximum atomic E-state index is 12.4. The van der Waals surface area contributed by atoms with Gasteiger partial charge in [0, 0.05) is 24.4 Å². The van der Waals surface area contributed by atoms with E-state index in [2.05, 4.69) is 21.7 Å². The molecule has 1 unspecified atom stereocenters. The summed E-state index contributed by atoms with van der Waals surface area (Å²) < 4.78 is 0. The predicted octanol–water partition coefficient (Wildman–Crippen LogP) is 3.08. The molecule has 0 spiro atoms. The number of carbonyl (C=O) groups is 3. The van der Waals surface area contributed by atoms with E-state index in [1.807, 2.05) is 6.07 Å². The highest BCUT2D eigenvalue weighted by Gasteiger charge is 2.34. The van der Waals surface area contributed by atoms with Gasteiger partial charge in [0.1, 0.15) is 0 Å². The first-order valence-corrected chi connectivity index (χ1v) is 11.0. The van der Waals surface area contributed by atoms with Crippen LogP contribution in [0.4, 0.5) is 0 Å². The van der Waals surface area contributed by atoms with E-state index in [4.69, 9.17) is 0 Å². The van der Waals surface area contributed by atoms with Crippen molar-refractivity contribution < 1.29 is 14.4 Å². The molecule has 152 valence electrons. The van der Waals surface area contributed by atoms with Crippen molar-refractivity contribution in [1.29, 1.82) is 0 Å². The van der Waals surface area contributed by atoms with Crippen LogP contribution in [0, 0.1) is 0 Å². The van der Waals surface area contributed by atoms with Gasteiger partial charge in [-0.2, -0.15) is 0 Å². The van der Waals surface area contributed by atoms with E-state index in [0.29, 0.717) is 30.5 Å². The summed E-state index contributed by atoms with van der Waals surface area (Å²) in [5, 5.41) is 5.12. The van der Waals surface area contributed by atoms with Gasteiger partial charge in [0.2, 0.25) is 5.91 Å². The lowest BCUT2D eigenvalue weighted by molar-refractivity contribution is -0.121. The molecule has 0 radical (unpaired) electrons. The number of fused-ring (bicyclic) bond motifs is 1. The first kappa shape index (κ1) is 19.8. The number of nitrogens with one attached hydrogen (secondary N) is 1. The van der Waals surface area contributed by atoms with Crippen LogP contribution in [0.25, 0.3) is 0 Å². The van der Waals surface area contributed by atoms with Gasteiger partial charge in [-0.3, -0.25) is 24.2 Å². The highest BCUT2D eigenvalue weighted by molar-refractivity contribution is 7.10. The zero-order chi connectivity index (χ0) is 20.2. The zero-order valence-corrected chi connectivity index (χ0v) is 17.1. The van der Waals surface area contributed by atoms with Crippen molar-refractivity contribution in [2.75, 3.05) is 26.2 Å². The molecule has 0 saturated carbocycles. The lowest BCUT2D eigenvalue weighted by Gasteiger charge is -2.27. The first-order chi connectivity index (χ1) is 14.1. The third-order valence-electron chi connectivity index (χ3n) is 5.61. The van der Waals surface area contributed by atoms with Crippen LogP contribution in [0.3, 0.4) is 0 Å². The van der Waals surface area contributed by atoms with E-state index in [9.17, 15) is 14.4 Å². The molecule has 3 amide bonds. The van der Waals surface area contributed by atoms with E-state index in [1.54, 1.807) is 35.6 Å². The van der Waals surface area contributed by atoms with Crippen LogP contribution in [-0.2, 0) is 4.79 Å². The number of carbonyl (C=O) groups excluding carboxylic acids is 3. The Morgan fingerprint density at radius 2 is 1.72 bits per heavy atom. The molecule has 0 aliphatic carbocycles. The second kappa shape index (κ2) is 8.88. The highest BCUT2D eigenvalue weighted by Crippen LogP contribution is 2.28. The summed E-state index contributed by atoms with van der Waals surface area (Å²) in [7, 11) is 0. The third kappa shape index (κ3) is 4.26. The summed E-state index contributed by atoms with van der Waals surface area (Å²) in [6.07, 6.45) is 3.17. The summed E-state index contributed by atoms with van der Waals surface area (Å²) in [5.74, 6) is -0.571. The SMILES string of the molecule is O=C(CCCN1C(=O)c2ccccc2C1=O)NCC(c1cccs1)N1CCCC1. The van der Waals surface area contributed by atoms with Gasteiger partial charge in [0.15, 0.2) is 0 Å². The van der Waals surface area contributed by atoms with Gasteiger partial charge < -0.3 is 5.32 Å². The fourth-order valence-electron chi connectivity index (χ4n) is 4.08.